The van der Waals surface area contributed by atoms with Crippen LogP contribution in [0, 0.1) is 0 Å². The van der Waals surface area contributed by atoms with Gasteiger partial charge < -0.3 is 9.72 Å². The van der Waals surface area contributed by atoms with Crippen molar-refractivity contribution in [1.29, 1.82) is 0 Å². The van der Waals surface area contributed by atoms with E-state index in [0.29, 0.717) is 13.0 Å². The molecule has 4 heterocycles. The lowest BCUT2D eigenvalue weighted by atomic mass is 9.94. The van der Waals surface area contributed by atoms with Gasteiger partial charge in [0.25, 0.3) is 0 Å². The zero-order valence-corrected chi connectivity index (χ0v) is 14.8. The Morgan fingerprint density at radius 1 is 1.32 bits per heavy atom. The number of hydrogen-bond donors (Lipinski definition) is 1. The second-order valence-electron chi connectivity index (χ2n) is 6.05. The summed E-state index contributed by atoms with van der Waals surface area (Å²) in [5, 5.41) is 3.72. The molecule has 0 aliphatic carbocycles. The quantitative estimate of drug-likeness (QED) is 0.577. The molecule has 1 amide bonds. The highest BCUT2D eigenvalue weighted by atomic mass is 32.2. The molecule has 0 saturated carbocycles. The Balaban J connectivity index is 1.76. The Kier molecular flexibility index (Phi) is 4.40. The van der Waals surface area contributed by atoms with Crippen LogP contribution in [-0.2, 0) is 11.3 Å². The van der Waals surface area contributed by atoms with E-state index in [4.69, 9.17) is 0 Å². The molecular formula is C18H19N5OS. The third-order valence-corrected chi connectivity index (χ3v) is 5.38. The molecular weight excluding hydrogens is 334 g/mol. The molecule has 1 N–H and O–H groups in total. The van der Waals surface area contributed by atoms with Crippen molar-refractivity contribution in [2.24, 2.45) is 0 Å². The van der Waals surface area contributed by atoms with Crippen LogP contribution in [-0.4, -0.2) is 31.0 Å². The van der Waals surface area contributed by atoms with E-state index >= 15 is 0 Å². The normalized spacial score (nSPS) is 17.2. The van der Waals surface area contributed by atoms with Crippen molar-refractivity contribution in [2.75, 3.05) is 5.75 Å². The van der Waals surface area contributed by atoms with Gasteiger partial charge in [-0.1, -0.05) is 24.8 Å². The van der Waals surface area contributed by atoms with Gasteiger partial charge in [-0.3, -0.25) is 4.79 Å². The van der Waals surface area contributed by atoms with E-state index < -0.39 is 0 Å². The summed E-state index contributed by atoms with van der Waals surface area (Å²) < 4.78 is 2.07. The SMILES string of the molecule is CCCSc1ncc([C@H]2CC(=O)NCc3nc4ccccn4c32)cn1. The number of carbonyl (C=O) groups excluding carboxylic acids is 1. The lowest BCUT2D eigenvalue weighted by molar-refractivity contribution is -0.121. The molecule has 0 radical (unpaired) electrons. The molecule has 0 saturated heterocycles. The van der Waals surface area contributed by atoms with Crippen LogP contribution in [0.2, 0.25) is 0 Å². The number of rotatable bonds is 4. The number of hydrogen-bond acceptors (Lipinski definition) is 5. The maximum absolute atomic E-state index is 12.2. The minimum atomic E-state index is -0.0971. The van der Waals surface area contributed by atoms with Gasteiger partial charge in [-0.2, -0.15) is 0 Å². The average Bonchev–Trinajstić information content (AvgIpc) is 2.93. The molecule has 25 heavy (non-hydrogen) atoms. The van der Waals surface area contributed by atoms with Gasteiger partial charge in [-0.15, -0.1) is 0 Å². The number of thioether (sulfide) groups is 1. The first-order valence-electron chi connectivity index (χ1n) is 8.43. The molecule has 4 rings (SSSR count). The standard InChI is InChI=1S/C18H19N5OS/c1-2-7-25-18-20-9-12(10-21-18)13-8-16(24)19-11-14-17(13)23-6-4-3-5-15(23)22-14/h3-6,9-10,13H,2,7-8,11H2,1H3,(H,19,24)/t13-/m1/s1. The molecule has 0 unspecified atom stereocenters. The van der Waals surface area contributed by atoms with E-state index in [-0.39, 0.29) is 11.8 Å². The van der Waals surface area contributed by atoms with Gasteiger partial charge in [0, 0.05) is 36.7 Å². The van der Waals surface area contributed by atoms with Crippen LogP contribution < -0.4 is 5.32 Å². The maximum Gasteiger partial charge on any atom is 0.221 e. The number of amides is 1. The summed E-state index contributed by atoms with van der Waals surface area (Å²) in [4.78, 5) is 25.8. The lowest BCUT2D eigenvalue weighted by Crippen LogP contribution is -2.21. The molecule has 0 fully saturated rings. The zero-order valence-electron chi connectivity index (χ0n) is 14.0. The second-order valence-corrected chi connectivity index (χ2v) is 7.12. The molecule has 3 aromatic heterocycles. The second kappa shape index (κ2) is 6.84. The highest BCUT2D eigenvalue weighted by Gasteiger charge is 2.29. The summed E-state index contributed by atoms with van der Waals surface area (Å²) >= 11 is 1.65. The Morgan fingerprint density at radius 2 is 2.16 bits per heavy atom. The number of carbonyl (C=O) groups is 1. The molecule has 0 spiro atoms. The van der Waals surface area contributed by atoms with Crippen molar-refractivity contribution in [3.8, 4) is 0 Å². The first-order chi connectivity index (χ1) is 12.3. The molecule has 0 bridgehead atoms. The summed E-state index contributed by atoms with van der Waals surface area (Å²) in [5.74, 6) is 0.931. The summed E-state index contributed by atoms with van der Waals surface area (Å²) in [6, 6.07) is 5.93. The number of fused-ring (bicyclic) bond motifs is 3. The van der Waals surface area contributed by atoms with Crippen LogP contribution in [0.1, 0.15) is 42.6 Å². The van der Waals surface area contributed by atoms with E-state index in [2.05, 4.69) is 31.6 Å². The minimum absolute atomic E-state index is 0.0251. The number of imidazole rings is 1. The van der Waals surface area contributed by atoms with Crippen molar-refractivity contribution < 1.29 is 4.79 Å². The van der Waals surface area contributed by atoms with E-state index in [1.54, 1.807) is 11.8 Å². The monoisotopic (exact) mass is 353 g/mol. The van der Waals surface area contributed by atoms with Gasteiger partial charge in [0.05, 0.1) is 17.9 Å². The number of nitrogens with one attached hydrogen (secondary N) is 1. The van der Waals surface area contributed by atoms with Crippen molar-refractivity contribution in [3.05, 3.63) is 53.7 Å². The molecule has 7 heteroatoms. The third-order valence-electron chi connectivity index (χ3n) is 4.30. The fourth-order valence-corrected chi connectivity index (χ4v) is 3.79. The van der Waals surface area contributed by atoms with E-state index in [1.807, 2.05) is 36.8 Å². The number of aromatic nitrogens is 4. The zero-order chi connectivity index (χ0) is 17.2. The largest absolute Gasteiger partial charge is 0.350 e. The molecule has 3 aromatic rings. The highest BCUT2D eigenvalue weighted by molar-refractivity contribution is 7.99. The number of nitrogens with zero attached hydrogens (tertiary/aromatic N) is 4. The average molecular weight is 353 g/mol. The van der Waals surface area contributed by atoms with Crippen LogP contribution in [0.25, 0.3) is 5.65 Å². The first-order valence-corrected chi connectivity index (χ1v) is 9.42. The van der Waals surface area contributed by atoms with Gasteiger partial charge >= 0.3 is 0 Å². The van der Waals surface area contributed by atoms with Gasteiger partial charge in [-0.25, -0.2) is 15.0 Å². The van der Waals surface area contributed by atoms with Crippen LogP contribution >= 0.6 is 11.8 Å². The third kappa shape index (κ3) is 3.11. The molecule has 128 valence electrons. The van der Waals surface area contributed by atoms with Crippen LogP contribution in [0.15, 0.2) is 41.9 Å². The van der Waals surface area contributed by atoms with Gasteiger partial charge in [0.15, 0.2) is 5.16 Å². The van der Waals surface area contributed by atoms with E-state index in [0.717, 1.165) is 39.9 Å². The Labute approximate surface area is 150 Å². The summed E-state index contributed by atoms with van der Waals surface area (Å²) in [5.41, 5.74) is 3.80. The van der Waals surface area contributed by atoms with Crippen LogP contribution in [0.4, 0.5) is 0 Å². The lowest BCUT2D eigenvalue weighted by Gasteiger charge is -2.15. The summed E-state index contributed by atoms with van der Waals surface area (Å²) in [7, 11) is 0. The predicted molar refractivity (Wildman–Crippen MR) is 96.5 cm³/mol. The number of pyridine rings is 1. The summed E-state index contributed by atoms with van der Waals surface area (Å²) in [6.07, 6.45) is 7.15. The smallest absolute Gasteiger partial charge is 0.221 e. The summed E-state index contributed by atoms with van der Waals surface area (Å²) in [6.45, 7) is 2.59. The van der Waals surface area contributed by atoms with Crippen molar-refractivity contribution in [1.82, 2.24) is 24.7 Å². The van der Waals surface area contributed by atoms with Gasteiger partial charge in [-0.05, 0) is 24.1 Å². The Hall–Kier alpha value is -2.41. The van der Waals surface area contributed by atoms with Gasteiger partial charge in [0.2, 0.25) is 5.91 Å². The molecule has 1 aliphatic heterocycles. The Morgan fingerprint density at radius 3 is 2.96 bits per heavy atom. The first kappa shape index (κ1) is 16.1. The predicted octanol–water partition coefficient (Wildman–Crippen LogP) is 2.78. The van der Waals surface area contributed by atoms with Gasteiger partial charge in [0.1, 0.15) is 5.65 Å². The van der Waals surface area contributed by atoms with E-state index in [9.17, 15) is 4.79 Å². The maximum atomic E-state index is 12.2. The Bertz CT molecular complexity index is 905. The van der Waals surface area contributed by atoms with Crippen molar-refractivity contribution >= 4 is 23.3 Å². The van der Waals surface area contributed by atoms with Crippen LogP contribution in [0.5, 0.6) is 0 Å². The minimum Gasteiger partial charge on any atom is -0.350 e. The molecule has 1 aliphatic rings. The van der Waals surface area contributed by atoms with E-state index in [1.165, 1.54) is 0 Å². The molecule has 0 aromatic carbocycles. The topological polar surface area (TPSA) is 72.2 Å². The van der Waals surface area contributed by atoms with Crippen LogP contribution in [0.3, 0.4) is 0 Å². The molecule has 1 atom stereocenters. The van der Waals surface area contributed by atoms with Crippen molar-refractivity contribution in [3.63, 3.8) is 0 Å². The molecule has 6 nitrogen and oxygen atoms in total. The fraction of sp³-hybridized carbons (Fsp3) is 0.333. The van der Waals surface area contributed by atoms with Crippen molar-refractivity contribution in [2.45, 2.75) is 37.4 Å². The fourth-order valence-electron chi connectivity index (χ4n) is 3.15. The highest BCUT2D eigenvalue weighted by Crippen LogP contribution is 2.32.